The first-order valence-corrected chi connectivity index (χ1v) is 13.1. The summed E-state index contributed by atoms with van der Waals surface area (Å²) in [7, 11) is 0. The number of pyridine rings is 1. The van der Waals surface area contributed by atoms with Crippen LogP contribution in [-0.4, -0.2) is 28.1 Å². The first-order valence-electron chi connectivity index (χ1n) is 13.1. The van der Waals surface area contributed by atoms with Crippen LogP contribution >= 0.6 is 0 Å². The Balaban J connectivity index is 1.43. The third-order valence-electron chi connectivity index (χ3n) is 11.0. The van der Waals surface area contributed by atoms with Crippen LogP contribution in [-0.2, 0) is 15.1 Å². The summed E-state index contributed by atoms with van der Waals surface area (Å²) in [4.78, 5) is 4.64. The maximum atomic E-state index is 12.1. The van der Waals surface area contributed by atoms with Crippen LogP contribution in [0.1, 0.15) is 85.3 Å². The Labute approximate surface area is 193 Å². The Hall–Kier alpha value is -0.970. The van der Waals surface area contributed by atoms with Gasteiger partial charge in [-0.05, 0) is 99.5 Å². The summed E-state index contributed by atoms with van der Waals surface area (Å²) in [6, 6.07) is 5.99. The van der Waals surface area contributed by atoms with Gasteiger partial charge < -0.3 is 14.6 Å². The fourth-order valence-corrected chi connectivity index (χ4v) is 9.43. The van der Waals surface area contributed by atoms with E-state index in [1.807, 2.05) is 24.4 Å². The highest BCUT2D eigenvalue weighted by Crippen LogP contribution is 2.71. The van der Waals surface area contributed by atoms with Crippen LogP contribution in [0, 0.1) is 40.4 Å². The standard InChI is InChI=1S/C28H41NO3/c1-17-9-12-26(4)18-10-13-27(5)19(11-14-28(27,30)21-8-6-7-15-29-21)22(18)24-23(20(26)16-17)31-25(2,3)32-24/h6-8,15,17-20,22-24,30H,9-14,16H2,1-5H3/t17-,18-,19-,20+,22+,23+,24+,26+,27-,28+/m0/s1. The maximum Gasteiger partial charge on any atom is 0.163 e. The molecule has 5 aliphatic rings. The number of hydrogen-bond acceptors (Lipinski definition) is 4. The van der Waals surface area contributed by atoms with E-state index in [-0.39, 0.29) is 17.6 Å². The van der Waals surface area contributed by atoms with Crippen LogP contribution in [0.15, 0.2) is 24.4 Å². The molecule has 0 aromatic carbocycles. The number of aromatic nitrogens is 1. The Morgan fingerprint density at radius 2 is 1.66 bits per heavy atom. The summed E-state index contributed by atoms with van der Waals surface area (Å²) in [6.07, 6.45) is 10.2. The van der Waals surface area contributed by atoms with Crippen molar-refractivity contribution in [2.45, 2.75) is 103 Å². The van der Waals surface area contributed by atoms with Crippen molar-refractivity contribution in [1.82, 2.24) is 4.98 Å². The van der Waals surface area contributed by atoms with E-state index in [4.69, 9.17) is 9.47 Å². The lowest BCUT2D eigenvalue weighted by atomic mass is 9.42. The molecule has 6 rings (SSSR count). The lowest BCUT2D eigenvalue weighted by molar-refractivity contribution is -0.203. The third-order valence-corrected chi connectivity index (χ3v) is 11.0. The zero-order valence-electron chi connectivity index (χ0n) is 20.5. The van der Waals surface area contributed by atoms with Crippen molar-refractivity contribution in [3.63, 3.8) is 0 Å². The molecule has 0 radical (unpaired) electrons. The van der Waals surface area contributed by atoms with E-state index in [0.717, 1.165) is 30.9 Å². The van der Waals surface area contributed by atoms with Gasteiger partial charge in [-0.25, -0.2) is 0 Å². The fourth-order valence-electron chi connectivity index (χ4n) is 9.43. The lowest BCUT2D eigenvalue weighted by Crippen LogP contribution is -2.63. The molecule has 4 saturated carbocycles. The molecule has 1 N–H and O–H groups in total. The highest BCUT2D eigenvalue weighted by atomic mass is 16.8. The summed E-state index contributed by atoms with van der Waals surface area (Å²) < 4.78 is 13.5. The van der Waals surface area contributed by atoms with Gasteiger partial charge >= 0.3 is 0 Å². The Morgan fingerprint density at radius 3 is 2.41 bits per heavy atom. The molecule has 32 heavy (non-hydrogen) atoms. The minimum Gasteiger partial charge on any atom is -0.383 e. The minimum absolute atomic E-state index is 0.147. The van der Waals surface area contributed by atoms with E-state index in [1.54, 1.807) is 0 Å². The first kappa shape index (κ1) is 21.6. The summed E-state index contributed by atoms with van der Waals surface area (Å²) in [6.45, 7) is 11.6. The fraction of sp³-hybridized carbons (Fsp3) is 0.821. The Kier molecular flexibility index (Phi) is 4.58. The van der Waals surface area contributed by atoms with Crippen molar-refractivity contribution in [1.29, 1.82) is 0 Å². The average molecular weight is 440 g/mol. The van der Waals surface area contributed by atoms with E-state index < -0.39 is 11.4 Å². The summed E-state index contributed by atoms with van der Waals surface area (Å²) in [5.74, 6) is 2.38. The molecule has 0 spiro atoms. The molecule has 4 nitrogen and oxygen atoms in total. The van der Waals surface area contributed by atoms with E-state index in [2.05, 4.69) is 39.6 Å². The number of hydrogen-bond donors (Lipinski definition) is 1. The smallest absolute Gasteiger partial charge is 0.163 e. The van der Waals surface area contributed by atoms with Crippen molar-refractivity contribution in [2.75, 3.05) is 0 Å². The Morgan fingerprint density at radius 1 is 0.906 bits per heavy atom. The topological polar surface area (TPSA) is 51.6 Å². The van der Waals surface area contributed by atoms with Gasteiger partial charge in [0, 0.05) is 11.6 Å². The van der Waals surface area contributed by atoms with Crippen molar-refractivity contribution < 1.29 is 14.6 Å². The van der Waals surface area contributed by atoms with Crippen LogP contribution in [0.5, 0.6) is 0 Å². The van der Waals surface area contributed by atoms with Gasteiger partial charge in [0.15, 0.2) is 5.79 Å². The first-order chi connectivity index (χ1) is 15.1. The second-order valence-corrected chi connectivity index (χ2v) is 12.9. The number of aliphatic hydroxyl groups is 1. The second kappa shape index (κ2) is 6.79. The van der Waals surface area contributed by atoms with E-state index in [9.17, 15) is 5.11 Å². The van der Waals surface area contributed by atoms with Crippen LogP contribution in [0.4, 0.5) is 0 Å². The van der Waals surface area contributed by atoms with Gasteiger partial charge in [0.1, 0.15) is 5.60 Å². The minimum atomic E-state index is -0.854. The predicted molar refractivity (Wildman–Crippen MR) is 124 cm³/mol. The average Bonchev–Trinajstić information content (AvgIpc) is 3.23. The lowest BCUT2D eigenvalue weighted by Gasteiger charge is -2.64. The molecule has 10 atom stereocenters. The van der Waals surface area contributed by atoms with Gasteiger partial charge in [0.2, 0.25) is 0 Å². The van der Waals surface area contributed by atoms with Gasteiger partial charge in [-0.2, -0.15) is 0 Å². The normalized spacial score (nSPS) is 53.8. The van der Waals surface area contributed by atoms with Crippen LogP contribution in [0.3, 0.4) is 0 Å². The van der Waals surface area contributed by atoms with Crippen LogP contribution < -0.4 is 0 Å². The van der Waals surface area contributed by atoms with E-state index in [1.165, 1.54) is 25.7 Å². The molecule has 0 bridgehead atoms. The Bertz CT molecular complexity index is 888. The molecule has 5 fully saturated rings. The zero-order chi connectivity index (χ0) is 22.5. The zero-order valence-corrected chi connectivity index (χ0v) is 20.5. The molecule has 0 amide bonds. The number of nitrogens with zero attached hydrogens (tertiary/aromatic N) is 1. The summed E-state index contributed by atoms with van der Waals surface area (Å²) in [5.41, 5.74) is 0.145. The molecule has 176 valence electrons. The van der Waals surface area contributed by atoms with Gasteiger partial charge in [-0.1, -0.05) is 33.3 Å². The highest BCUT2D eigenvalue weighted by molar-refractivity contribution is 5.25. The van der Waals surface area contributed by atoms with Gasteiger partial charge in [-0.15, -0.1) is 0 Å². The molecule has 4 heteroatoms. The van der Waals surface area contributed by atoms with Crippen molar-refractivity contribution in [3.05, 3.63) is 30.1 Å². The molecule has 1 aromatic heterocycles. The van der Waals surface area contributed by atoms with Gasteiger partial charge in [-0.3, -0.25) is 4.98 Å². The van der Waals surface area contributed by atoms with E-state index in [0.29, 0.717) is 29.1 Å². The number of rotatable bonds is 1. The molecular weight excluding hydrogens is 398 g/mol. The highest BCUT2D eigenvalue weighted by Gasteiger charge is 2.71. The maximum absolute atomic E-state index is 12.1. The van der Waals surface area contributed by atoms with Gasteiger partial charge in [0.05, 0.1) is 17.9 Å². The molecule has 4 aliphatic carbocycles. The van der Waals surface area contributed by atoms with Crippen LogP contribution in [0.2, 0.25) is 0 Å². The molecule has 0 unspecified atom stereocenters. The number of ether oxygens (including phenoxy) is 2. The monoisotopic (exact) mass is 439 g/mol. The quantitative estimate of drug-likeness (QED) is 0.611. The van der Waals surface area contributed by atoms with Gasteiger partial charge in [0.25, 0.3) is 0 Å². The molecule has 1 saturated heterocycles. The second-order valence-electron chi connectivity index (χ2n) is 12.9. The SMILES string of the molecule is C[C@H]1CC[C@@]2(C)[C@H](C1)[C@H]1OC(C)(C)O[C@@H]1[C@@H]1[C@@H]2CC[C@@]2(C)[C@H]1CC[C@@]2(O)c1ccccn1. The van der Waals surface area contributed by atoms with Crippen molar-refractivity contribution >= 4 is 0 Å². The molecule has 2 heterocycles. The van der Waals surface area contributed by atoms with Crippen LogP contribution in [0.25, 0.3) is 0 Å². The molecule has 1 aromatic rings. The van der Waals surface area contributed by atoms with Crippen molar-refractivity contribution in [3.8, 4) is 0 Å². The van der Waals surface area contributed by atoms with E-state index >= 15 is 0 Å². The summed E-state index contributed by atoms with van der Waals surface area (Å²) >= 11 is 0. The molecular formula is C28H41NO3. The largest absolute Gasteiger partial charge is 0.383 e. The predicted octanol–water partition coefficient (Wildman–Crippen LogP) is 5.69. The summed E-state index contributed by atoms with van der Waals surface area (Å²) in [5, 5.41) is 12.1. The number of fused-ring (bicyclic) bond motifs is 8. The molecule has 1 aliphatic heterocycles. The van der Waals surface area contributed by atoms with Crippen molar-refractivity contribution in [2.24, 2.45) is 40.4 Å². The third kappa shape index (κ3) is 2.69.